The van der Waals surface area contributed by atoms with Crippen molar-refractivity contribution in [2.45, 2.75) is 19.9 Å². The summed E-state index contributed by atoms with van der Waals surface area (Å²) in [4.78, 5) is 15.4. The van der Waals surface area contributed by atoms with Crippen molar-refractivity contribution in [2.75, 3.05) is 32.1 Å². The number of aliphatic carboxylic acids is 1. The molecule has 4 nitrogen and oxygen atoms in total. The van der Waals surface area contributed by atoms with Gasteiger partial charge in [0, 0.05) is 19.8 Å². The fourth-order valence-electron chi connectivity index (χ4n) is 2.05. The summed E-state index contributed by atoms with van der Waals surface area (Å²) in [6.45, 7) is 5.41. The lowest BCUT2D eigenvalue weighted by Gasteiger charge is -2.26. The Bertz CT molecular complexity index is 383. The summed E-state index contributed by atoms with van der Waals surface area (Å²) in [7, 11) is 3.93. The first-order chi connectivity index (χ1) is 8.51. The average Bonchev–Trinajstić information content (AvgIpc) is 2.35. The summed E-state index contributed by atoms with van der Waals surface area (Å²) in [5.74, 6) is -0.795. The van der Waals surface area contributed by atoms with E-state index < -0.39 is 12.0 Å². The Labute approximate surface area is 109 Å². The summed E-state index contributed by atoms with van der Waals surface area (Å²) in [6.07, 6.45) is 0. The van der Waals surface area contributed by atoms with Gasteiger partial charge in [-0.2, -0.15) is 0 Å². The molecule has 18 heavy (non-hydrogen) atoms. The van der Waals surface area contributed by atoms with Gasteiger partial charge in [0.2, 0.25) is 0 Å². The molecule has 0 heterocycles. The molecular weight excluding hydrogens is 228 g/mol. The highest BCUT2D eigenvalue weighted by Crippen LogP contribution is 2.23. The second-order valence-corrected chi connectivity index (χ2v) is 4.45. The van der Waals surface area contributed by atoms with Crippen molar-refractivity contribution < 1.29 is 9.90 Å². The maximum Gasteiger partial charge on any atom is 0.325 e. The van der Waals surface area contributed by atoms with Gasteiger partial charge in [-0.05, 0) is 30.8 Å². The predicted molar refractivity (Wildman–Crippen MR) is 74.1 cm³/mol. The highest BCUT2D eigenvalue weighted by atomic mass is 16.4. The number of nitrogens with zero attached hydrogens (tertiary/aromatic N) is 2. The summed E-state index contributed by atoms with van der Waals surface area (Å²) >= 11 is 0. The minimum Gasteiger partial charge on any atom is -0.480 e. The zero-order chi connectivity index (χ0) is 13.7. The number of benzene rings is 1. The number of carboxylic acid groups (broad SMARTS) is 1. The standard InChI is InChI=1S/C14H22N2O2/c1-5-16(6-2)13(14(17)18)11-7-9-12(10-8-11)15(3)4/h7-10,13H,5-6H2,1-4H3,(H,17,18). The minimum absolute atomic E-state index is 0.559. The number of hydrogen-bond acceptors (Lipinski definition) is 3. The fourth-order valence-corrected chi connectivity index (χ4v) is 2.05. The lowest BCUT2D eigenvalue weighted by atomic mass is 10.0. The first-order valence-corrected chi connectivity index (χ1v) is 6.25. The number of carboxylic acids is 1. The zero-order valence-corrected chi connectivity index (χ0v) is 11.6. The van der Waals surface area contributed by atoms with E-state index in [2.05, 4.69) is 0 Å². The second kappa shape index (κ2) is 6.40. The van der Waals surface area contributed by atoms with Crippen molar-refractivity contribution in [1.82, 2.24) is 4.90 Å². The molecule has 1 N–H and O–H groups in total. The molecule has 0 spiro atoms. The Kier molecular flexibility index (Phi) is 5.16. The molecule has 0 radical (unpaired) electrons. The number of hydrogen-bond donors (Lipinski definition) is 1. The molecule has 1 unspecified atom stereocenters. The second-order valence-electron chi connectivity index (χ2n) is 4.45. The lowest BCUT2D eigenvalue weighted by Crippen LogP contribution is -2.33. The van der Waals surface area contributed by atoms with E-state index in [4.69, 9.17) is 0 Å². The van der Waals surface area contributed by atoms with Crippen molar-refractivity contribution >= 4 is 11.7 Å². The molecule has 0 saturated carbocycles. The van der Waals surface area contributed by atoms with E-state index in [-0.39, 0.29) is 0 Å². The number of rotatable bonds is 6. The van der Waals surface area contributed by atoms with Crippen LogP contribution in [0.2, 0.25) is 0 Å². The van der Waals surface area contributed by atoms with E-state index in [0.29, 0.717) is 0 Å². The van der Waals surface area contributed by atoms with Crippen LogP contribution in [0.1, 0.15) is 25.5 Å². The normalized spacial score (nSPS) is 12.5. The molecule has 0 bridgehead atoms. The molecule has 4 heteroatoms. The van der Waals surface area contributed by atoms with Gasteiger partial charge in [-0.15, -0.1) is 0 Å². The third kappa shape index (κ3) is 3.23. The minimum atomic E-state index is -0.795. The van der Waals surface area contributed by atoms with Crippen molar-refractivity contribution in [1.29, 1.82) is 0 Å². The smallest absolute Gasteiger partial charge is 0.325 e. The van der Waals surface area contributed by atoms with Gasteiger partial charge < -0.3 is 10.0 Å². The Morgan fingerprint density at radius 1 is 1.17 bits per heavy atom. The van der Waals surface area contributed by atoms with Crippen molar-refractivity contribution in [3.05, 3.63) is 29.8 Å². The van der Waals surface area contributed by atoms with E-state index in [1.54, 1.807) is 0 Å². The van der Waals surface area contributed by atoms with Crippen LogP contribution in [0.15, 0.2) is 24.3 Å². The molecule has 0 aliphatic heterocycles. The predicted octanol–water partition coefficient (Wildman–Crippen LogP) is 2.22. The SMILES string of the molecule is CCN(CC)C(C(=O)O)c1ccc(N(C)C)cc1. The van der Waals surface area contributed by atoms with E-state index >= 15 is 0 Å². The molecule has 0 aromatic heterocycles. The van der Waals surface area contributed by atoms with Gasteiger partial charge in [0.1, 0.15) is 6.04 Å². The summed E-state index contributed by atoms with van der Waals surface area (Å²) in [5, 5.41) is 9.39. The molecule has 0 aliphatic rings. The molecule has 0 aliphatic carbocycles. The van der Waals surface area contributed by atoms with Gasteiger partial charge in [0.25, 0.3) is 0 Å². The molecular formula is C14H22N2O2. The Balaban J connectivity index is 3.03. The van der Waals surface area contributed by atoms with Crippen LogP contribution in [-0.4, -0.2) is 43.2 Å². The lowest BCUT2D eigenvalue weighted by molar-refractivity contribution is -0.143. The first-order valence-electron chi connectivity index (χ1n) is 6.25. The van der Waals surface area contributed by atoms with Crippen LogP contribution in [-0.2, 0) is 4.79 Å². The molecule has 1 aromatic rings. The van der Waals surface area contributed by atoms with E-state index in [1.165, 1.54) is 0 Å². The molecule has 1 aromatic carbocycles. The van der Waals surface area contributed by atoms with E-state index in [0.717, 1.165) is 24.3 Å². The molecule has 0 fully saturated rings. The quantitative estimate of drug-likeness (QED) is 0.840. The van der Waals surface area contributed by atoms with E-state index in [9.17, 15) is 9.90 Å². The number of likely N-dealkylation sites (N-methyl/N-ethyl adjacent to an activating group) is 1. The summed E-state index contributed by atoms with van der Waals surface area (Å²) in [6, 6.07) is 7.14. The molecule has 0 saturated heterocycles. The summed E-state index contributed by atoms with van der Waals surface area (Å²) in [5.41, 5.74) is 1.90. The van der Waals surface area contributed by atoms with Gasteiger partial charge in [0.15, 0.2) is 0 Å². The molecule has 1 atom stereocenters. The van der Waals surface area contributed by atoms with Crippen molar-refractivity contribution in [3.63, 3.8) is 0 Å². The highest BCUT2D eigenvalue weighted by molar-refractivity contribution is 5.75. The van der Waals surface area contributed by atoms with Crippen LogP contribution in [0.4, 0.5) is 5.69 Å². The van der Waals surface area contributed by atoms with Crippen molar-refractivity contribution in [2.24, 2.45) is 0 Å². The van der Waals surface area contributed by atoms with Crippen LogP contribution in [0.3, 0.4) is 0 Å². The molecule has 100 valence electrons. The number of anilines is 1. The van der Waals surface area contributed by atoms with Crippen molar-refractivity contribution in [3.8, 4) is 0 Å². The van der Waals surface area contributed by atoms with Crippen LogP contribution in [0.25, 0.3) is 0 Å². The average molecular weight is 250 g/mol. The van der Waals surface area contributed by atoms with Gasteiger partial charge in [0.05, 0.1) is 0 Å². The first kappa shape index (κ1) is 14.5. The third-order valence-corrected chi connectivity index (χ3v) is 3.14. The van der Waals surface area contributed by atoms with Crippen LogP contribution in [0.5, 0.6) is 0 Å². The van der Waals surface area contributed by atoms with Crippen LogP contribution < -0.4 is 4.90 Å². The maximum absolute atomic E-state index is 11.4. The maximum atomic E-state index is 11.4. The van der Waals surface area contributed by atoms with Crippen LogP contribution in [0, 0.1) is 0 Å². The fraction of sp³-hybridized carbons (Fsp3) is 0.500. The molecule has 1 rings (SSSR count). The highest BCUT2D eigenvalue weighted by Gasteiger charge is 2.25. The Hall–Kier alpha value is -1.55. The Morgan fingerprint density at radius 2 is 1.67 bits per heavy atom. The molecule has 0 amide bonds. The van der Waals surface area contributed by atoms with Gasteiger partial charge in [-0.25, -0.2) is 0 Å². The monoisotopic (exact) mass is 250 g/mol. The van der Waals surface area contributed by atoms with Gasteiger partial charge in [-0.3, -0.25) is 9.69 Å². The van der Waals surface area contributed by atoms with Crippen LogP contribution >= 0.6 is 0 Å². The van der Waals surface area contributed by atoms with Gasteiger partial charge >= 0.3 is 5.97 Å². The van der Waals surface area contributed by atoms with Gasteiger partial charge in [-0.1, -0.05) is 26.0 Å². The zero-order valence-electron chi connectivity index (χ0n) is 11.6. The third-order valence-electron chi connectivity index (χ3n) is 3.14. The van der Waals surface area contributed by atoms with E-state index in [1.807, 2.05) is 62.0 Å². The Morgan fingerprint density at radius 3 is 2.00 bits per heavy atom. The number of carbonyl (C=O) groups is 1. The summed E-state index contributed by atoms with van der Waals surface area (Å²) < 4.78 is 0. The topological polar surface area (TPSA) is 43.8 Å². The largest absolute Gasteiger partial charge is 0.480 e.